The van der Waals surface area contributed by atoms with Crippen LogP contribution in [-0.4, -0.2) is 15.0 Å². The molecule has 0 N–H and O–H groups in total. The second-order valence-corrected chi connectivity index (χ2v) is 5.58. The molecule has 0 radical (unpaired) electrons. The van der Waals surface area contributed by atoms with E-state index in [4.69, 9.17) is 11.6 Å². The zero-order valence-corrected chi connectivity index (χ0v) is 13.1. The smallest absolute Gasteiger partial charge is 0.269 e. The molecule has 5 heteroatoms. The number of rotatable bonds is 4. The van der Waals surface area contributed by atoms with Crippen molar-refractivity contribution in [3.8, 4) is 11.3 Å². The molecule has 0 saturated carbocycles. The third-order valence-corrected chi connectivity index (χ3v) is 3.59. The Bertz CT molecular complexity index is 750. The van der Waals surface area contributed by atoms with Crippen molar-refractivity contribution < 1.29 is 4.79 Å². The molecule has 1 aromatic carbocycles. The molecule has 0 fully saturated rings. The number of hydrogen-bond acceptors (Lipinski definition) is 3. The summed E-state index contributed by atoms with van der Waals surface area (Å²) in [6.07, 6.45) is 0.475. The van der Waals surface area contributed by atoms with Gasteiger partial charge in [0.2, 0.25) is 5.24 Å². The molecule has 2 rings (SSSR count). The third kappa shape index (κ3) is 3.58. The molecule has 0 amide bonds. The van der Waals surface area contributed by atoms with E-state index in [0.29, 0.717) is 12.0 Å². The van der Waals surface area contributed by atoms with Crippen LogP contribution in [0.15, 0.2) is 29.1 Å². The molecular weight excluding hydrogens is 288 g/mol. The predicted octanol–water partition coefficient (Wildman–Crippen LogP) is 2.76. The van der Waals surface area contributed by atoms with Crippen LogP contribution in [0.4, 0.5) is 0 Å². The van der Waals surface area contributed by atoms with Crippen LogP contribution in [0.25, 0.3) is 11.3 Å². The summed E-state index contributed by atoms with van der Waals surface area (Å²) in [5.41, 5.74) is 4.30. The molecule has 0 bridgehead atoms. The second kappa shape index (κ2) is 6.22. The van der Waals surface area contributed by atoms with E-state index in [1.807, 2.05) is 32.0 Å². The molecule has 21 heavy (non-hydrogen) atoms. The highest BCUT2D eigenvalue weighted by Crippen LogP contribution is 2.22. The summed E-state index contributed by atoms with van der Waals surface area (Å²) in [6, 6.07) is 7.86. The van der Waals surface area contributed by atoms with Crippen molar-refractivity contribution in [3.05, 3.63) is 51.3 Å². The van der Waals surface area contributed by atoms with Gasteiger partial charge in [-0.3, -0.25) is 9.59 Å². The van der Waals surface area contributed by atoms with Crippen molar-refractivity contribution in [2.75, 3.05) is 0 Å². The molecule has 0 atom stereocenters. The van der Waals surface area contributed by atoms with E-state index in [0.717, 1.165) is 22.4 Å². The molecule has 0 saturated heterocycles. The van der Waals surface area contributed by atoms with Gasteiger partial charge >= 0.3 is 0 Å². The number of aromatic nitrogens is 2. The Morgan fingerprint density at radius 2 is 2.00 bits per heavy atom. The van der Waals surface area contributed by atoms with Crippen LogP contribution < -0.4 is 5.56 Å². The van der Waals surface area contributed by atoms with Gasteiger partial charge in [0.25, 0.3) is 5.56 Å². The first-order chi connectivity index (χ1) is 9.88. The minimum Gasteiger partial charge on any atom is -0.281 e. The molecule has 110 valence electrons. The zero-order chi connectivity index (χ0) is 15.6. The fourth-order valence-corrected chi connectivity index (χ4v) is 2.32. The second-order valence-electron chi connectivity index (χ2n) is 5.16. The van der Waals surface area contributed by atoms with Gasteiger partial charge in [0.1, 0.15) is 0 Å². The SMILES string of the molecule is Cc1ccc(C)c(-c2cc(CCC(=O)Cl)c(=O)n(C)n2)c1. The van der Waals surface area contributed by atoms with Crippen LogP contribution in [-0.2, 0) is 18.3 Å². The first-order valence-electron chi connectivity index (χ1n) is 6.71. The fraction of sp³-hybridized carbons (Fsp3) is 0.312. The van der Waals surface area contributed by atoms with E-state index < -0.39 is 5.24 Å². The zero-order valence-electron chi connectivity index (χ0n) is 12.3. The number of benzene rings is 1. The predicted molar refractivity (Wildman–Crippen MR) is 83.6 cm³/mol. The third-order valence-electron chi connectivity index (χ3n) is 3.40. The van der Waals surface area contributed by atoms with Gasteiger partial charge in [-0.2, -0.15) is 5.10 Å². The van der Waals surface area contributed by atoms with Gasteiger partial charge in [-0.15, -0.1) is 0 Å². The summed E-state index contributed by atoms with van der Waals surface area (Å²) in [5.74, 6) is 0. The Balaban J connectivity index is 2.52. The molecule has 0 spiro atoms. The van der Waals surface area contributed by atoms with Crippen LogP contribution in [0, 0.1) is 13.8 Å². The highest BCUT2D eigenvalue weighted by atomic mass is 35.5. The lowest BCUT2D eigenvalue weighted by Crippen LogP contribution is -2.24. The van der Waals surface area contributed by atoms with E-state index in [2.05, 4.69) is 5.10 Å². The lowest BCUT2D eigenvalue weighted by Gasteiger charge is -2.10. The van der Waals surface area contributed by atoms with E-state index in [-0.39, 0.29) is 12.0 Å². The van der Waals surface area contributed by atoms with Gasteiger partial charge in [0, 0.05) is 24.6 Å². The Labute approximate surface area is 128 Å². The number of aryl methyl sites for hydroxylation is 4. The topological polar surface area (TPSA) is 52.0 Å². The maximum atomic E-state index is 12.1. The molecule has 1 aromatic heterocycles. The van der Waals surface area contributed by atoms with Gasteiger partial charge in [-0.1, -0.05) is 17.7 Å². The van der Waals surface area contributed by atoms with Crippen LogP contribution in [0.1, 0.15) is 23.1 Å². The largest absolute Gasteiger partial charge is 0.281 e. The van der Waals surface area contributed by atoms with E-state index in [9.17, 15) is 9.59 Å². The van der Waals surface area contributed by atoms with Gasteiger partial charge in [0.15, 0.2) is 0 Å². The lowest BCUT2D eigenvalue weighted by molar-refractivity contribution is -0.111. The Hall–Kier alpha value is -1.94. The van der Waals surface area contributed by atoms with Crippen LogP contribution in [0.5, 0.6) is 0 Å². The van der Waals surface area contributed by atoms with Crippen molar-refractivity contribution in [1.82, 2.24) is 9.78 Å². The average molecular weight is 305 g/mol. The molecule has 1 heterocycles. The van der Waals surface area contributed by atoms with Gasteiger partial charge in [-0.25, -0.2) is 4.68 Å². The van der Waals surface area contributed by atoms with Crippen molar-refractivity contribution in [1.29, 1.82) is 0 Å². The summed E-state index contributed by atoms with van der Waals surface area (Å²) in [7, 11) is 1.61. The minimum atomic E-state index is -0.442. The van der Waals surface area contributed by atoms with Gasteiger partial charge in [-0.05, 0) is 49.6 Å². The standard InChI is InChI=1S/C16H17ClN2O2/c1-10-4-5-11(2)13(8-10)14-9-12(6-7-15(17)20)16(21)19(3)18-14/h4-5,8-9H,6-7H2,1-3H3. The average Bonchev–Trinajstić information content (AvgIpc) is 2.43. The summed E-state index contributed by atoms with van der Waals surface area (Å²) in [4.78, 5) is 23.0. The van der Waals surface area contributed by atoms with E-state index in [1.54, 1.807) is 13.1 Å². The first-order valence-corrected chi connectivity index (χ1v) is 7.09. The molecule has 0 aliphatic rings. The molecule has 0 aliphatic heterocycles. The normalized spacial score (nSPS) is 10.7. The van der Waals surface area contributed by atoms with Crippen LogP contribution in [0.3, 0.4) is 0 Å². The van der Waals surface area contributed by atoms with E-state index >= 15 is 0 Å². The summed E-state index contributed by atoms with van der Waals surface area (Å²) < 4.78 is 1.31. The summed E-state index contributed by atoms with van der Waals surface area (Å²) in [5, 5.41) is 3.88. The monoisotopic (exact) mass is 304 g/mol. The van der Waals surface area contributed by atoms with Crippen LogP contribution >= 0.6 is 11.6 Å². The first kappa shape index (κ1) is 15.4. The Morgan fingerprint density at radius 3 is 2.67 bits per heavy atom. The number of carbonyl (C=O) groups excluding carboxylic acids is 1. The maximum absolute atomic E-state index is 12.1. The highest BCUT2D eigenvalue weighted by Gasteiger charge is 2.11. The Morgan fingerprint density at radius 1 is 1.29 bits per heavy atom. The number of carbonyl (C=O) groups is 1. The lowest BCUT2D eigenvalue weighted by atomic mass is 10.0. The Kier molecular flexibility index (Phi) is 4.58. The van der Waals surface area contributed by atoms with Crippen molar-refractivity contribution in [2.24, 2.45) is 7.05 Å². The van der Waals surface area contributed by atoms with Crippen LogP contribution in [0.2, 0.25) is 0 Å². The van der Waals surface area contributed by atoms with Crippen molar-refractivity contribution in [2.45, 2.75) is 26.7 Å². The number of nitrogens with zero attached hydrogens (tertiary/aromatic N) is 2. The number of halogens is 1. The van der Waals surface area contributed by atoms with Gasteiger partial charge < -0.3 is 0 Å². The highest BCUT2D eigenvalue weighted by molar-refractivity contribution is 6.63. The quantitative estimate of drug-likeness (QED) is 0.816. The molecule has 0 aliphatic carbocycles. The molecule has 2 aromatic rings. The van der Waals surface area contributed by atoms with Crippen molar-refractivity contribution >= 4 is 16.8 Å². The minimum absolute atomic E-state index is 0.146. The fourth-order valence-electron chi connectivity index (χ4n) is 2.23. The molecular formula is C16H17ClN2O2. The van der Waals surface area contributed by atoms with Crippen molar-refractivity contribution in [3.63, 3.8) is 0 Å². The number of hydrogen-bond donors (Lipinski definition) is 0. The molecule has 0 unspecified atom stereocenters. The van der Waals surface area contributed by atoms with E-state index in [1.165, 1.54) is 4.68 Å². The summed E-state index contributed by atoms with van der Waals surface area (Å²) >= 11 is 5.36. The van der Waals surface area contributed by atoms with Gasteiger partial charge in [0.05, 0.1) is 5.69 Å². The maximum Gasteiger partial charge on any atom is 0.269 e. The summed E-state index contributed by atoms with van der Waals surface area (Å²) in [6.45, 7) is 4.02. The molecule has 4 nitrogen and oxygen atoms in total.